The van der Waals surface area contributed by atoms with E-state index in [1.165, 1.54) is 24.3 Å². The Morgan fingerprint density at radius 2 is 1.90 bits per heavy atom. The molecule has 0 bridgehead atoms. The summed E-state index contributed by atoms with van der Waals surface area (Å²) in [6.07, 6.45) is 0. The third-order valence-corrected chi connectivity index (χ3v) is 3.58. The predicted molar refractivity (Wildman–Crippen MR) is 78.2 cm³/mol. The number of hydrogen-bond donors (Lipinski definition) is 1. The average molecular weight is 298 g/mol. The molecule has 0 spiro atoms. The van der Waals surface area contributed by atoms with Gasteiger partial charge in [0.2, 0.25) is 0 Å². The van der Waals surface area contributed by atoms with Crippen molar-refractivity contribution in [2.45, 2.75) is 0 Å². The van der Waals surface area contributed by atoms with E-state index in [4.69, 9.17) is 22.6 Å². The maximum Gasteiger partial charge on any atom is 0.268 e. The molecular weight excluding hydrogens is 290 g/mol. The fraction of sp³-hybridized carbons (Fsp3) is 0. The summed E-state index contributed by atoms with van der Waals surface area (Å²) < 4.78 is 0. The minimum atomic E-state index is -0.537. The number of nitrogens with two attached hydrogens (primary N) is 1. The van der Waals surface area contributed by atoms with Gasteiger partial charge in [-0.15, -0.1) is 0 Å². The van der Waals surface area contributed by atoms with Crippen LogP contribution in [-0.2, 0) is 0 Å². The smallest absolute Gasteiger partial charge is 0.268 e. The Morgan fingerprint density at radius 3 is 2.57 bits per heavy atom. The van der Waals surface area contributed by atoms with Crippen LogP contribution in [0.3, 0.4) is 0 Å². The number of nitrogens with zero attached hydrogens (tertiary/aromatic N) is 2. The van der Waals surface area contributed by atoms with Gasteiger partial charge < -0.3 is 5.73 Å². The number of benzene rings is 2. The lowest BCUT2D eigenvalue weighted by Crippen LogP contribution is -2.29. The number of carbonyl (C=O) groups excluding carboxylic acids is 2. The van der Waals surface area contributed by atoms with E-state index >= 15 is 0 Å². The SMILES string of the molecule is N#Cc1ccc(Cl)c(N2C(=O)c3cccc(N)c3C2=O)c1. The summed E-state index contributed by atoms with van der Waals surface area (Å²) in [4.78, 5) is 25.8. The zero-order chi connectivity index (χ0) is 15.1. The van der Waals surface area contributed by atoms with E-state index < -0.39 is 11.8 Å². The molecule has 5 nitrogen and oxygen atoms in total. The van der Waals surface area contributed by atoms with E-state index in [-0.39, 0.29) is 27.5 Å². The second kappa shape index (κ2) is 4.62. The van der Waals surface area contributed by atoms with E-state index in [2.05, 4.69) is 0 Å². The number of nitrogen functional groups attached to an aromatic ring is 1. The molecule has 0 aliphatic carbocycles. The van der Waals surface area contributed by atoms with Gasteiger partial charge in [-0.1, -0.05) is 17.7 Å². The molecule has 0 unspecified atom stereocenters. The molecule has 2 N–H and O–H groups in total. The normalized spacial score (nSPS) is 13.2. The Balaban J connectivity index is 2.19. The lowest BCUT2D eigenvalue weighted by Gasteiger charge is -2.15. The molecule has 2 aromatic carbocycles. The van der Waals surface area contributed by atoms with E-state index in [0.29, 0.717) is 5.56 Å². The summed E-state index contributed by atoms with van der Waals surface area (Å²) in [7, 11) is 0. The van der Waals surface area contributed by atoms with Crippen LogP contribution in [0.2, 0.25) is 5.02 Å². The Kier molecular flexibility index (Phi) is 2.89. The van der Waals surface area contributed by atoms with Gasteiger partial charge in [0.15, 0.2) is 0 Å². The number of anilines is 2. The van der Waals surface area contributed by atoms with Crippen LogP contribution < -0.4 is 10.6 Å². The summed E-state index contributed by atoms with van der Waals surface area (Å²) in [6, 6.07) is 11.0. The molecule has 0 aromatic heterocycles. The van der Waals surface area contributed by atoms with Crippen molar-refractivity contribution < 1.29 is 9.59 Å². The molecule has 6 heteroatoms. The predicted octanol–water partition coefficient (Wildman–Crippen LogP) is 2.59. The van der Waals surface area contributed by atoms with Gasteiger partial charge in [-0.3, -0.25) is 9.59 Å². The zero-order valence-electron chi connectivity index (χ0n) is 10.6. The Bertz CT molecular complexity index is 839. The van der Waals surface area contributed by atoms with E-state index in [0.717, 1.165) is 4.90 Å². The number of halogens is 1. The summed E-state index contributed by atoms with van der Waals surface area (Å²) in [6.45, 7) is 0. The van der Waals surface area contributed by atoms with Crippen LogP contribution in [-0.4, -0.2) is 11.8 Å². The maximum absolute atomic E-state index is 12.5. The van der Waals surface area contributed by atoms with Gasteiger partial charge in [0.05, 0.1) is 33.5 Å². The van der Waals surface area contributed by atoms with Crippen LogP contribution in [0.15, 0.2) is 36.4 Å². The second-order valence-electron chi connectivity index (χ2n) is 4.49. The van der Waals surface area contributed by atoms with Crippen molar-refractivity contribution in [3.8, 4) is 6.07 Å². The number of imide groups is 1. The monoisotopic (exact) mass is 297 g/mol. The first-order chi connectivity index (χ1) is 10.0. The van der Waals surface area contributed by atoms with Crippen molar-refractivity contribution in [3.63, 3.8) is 0 Å². The van der Waals surface area contributed by atoms with Crippen LogP contribution in [0.4, 0.5) is 11.4 Å². The average Bonchev–Trinajstić information content (AvgIpc) is 2.73. The van der Waals surface area contributed by atoms with Crippen molar-refractivity contribution in [1.29, 1.82) is 5.26 Å². The summed E-state index contributed by atoms with van der Waals surface area (Å²) in [5.41, 5.74) is 6.90. The standard InChI is InChI=1S/C15H8ClN3O2/c16-10-5-4-8(7-17)6-12(10)19-14(20)9-2-1-3-11(18)13(9)15(19)21/h1-6H,18H2. The molecule has 1 aliphatic rings. The van der Waals surface area contributed by atoms with Crippen LogP contribution in [0, 0.1) is 11.3 Å². The molecule has 2 amide bonds. The van der Waals surface area contributed by atoms with Crippen LogP contribution in [0.25, 0.3) is 0 Å². The molecule has 102 valence electrons. The Morgan fingerprint density at radius 1 is 1.14 bits per heavy atom. The van der Waals surface area contributed by atoms with Gasteiger partial charge in [-0.25, -0.2) is 4.90 Å². The van der Waals surface area contributed by atoms with Gasteiger partial charge in [0.25, 0.3) is 11.8 Å². The molecule has 1 aliphatic heterocycles. The number of fused-ring (bicyclic) bond motifs is 1. The topological polar surface area (TPSA) is 87.2 Å². The second-order valence-corrected chi connectivity index (χ2v) is 4.90. The molecular formula is C15H8ClN3O2. The highest BCUT2D eigenvalue weighted by molar-refractivity contribution is 6.40. The zero-order valence-corrected chi connectivity index (χ0v) is 11.4. The lowest BCUT2D eigenvalue weighted by molar-refractivity contribution is 0.0926. The van der Waals surface area contributed by atoms with E-state index in [1.54, 1.807) is 12.1 Å². The number of hydrogen-bond acceptors (Lipinski definition) is 4. The molecule has 0 fully saturated rings. The number of nitriles is 1. The van der Waals surface area contributed by atoms with Crippen molar-refractivity contribution >= 4 is 34.8 Å². The summed E-state index contributed by atoms with van der Waals surface area (Å²) >= 11 is 6.06. The number of amides is 2. The van der Waals surface area contributed by atoms with Gasteiger partial charge in [-0.2, -0.15) is 5.26 Å². The molecule has 3 rings (SSSR count). The number of rotatable bonds is 1. The van der Waals surface area contributed by atoms with Gasteiger partial charge in [-0.05, 0) is 30.3 Å². The molecule has 1 heterocycles. The van der Waals surface area contributed by atoms with Gasteiger partial charge >= 0.3 is 0 Å². The van der Waals surface area contributed by atoms with Gasteiger partial charge in [0.1, 0.15) is 0 Å². The molecule has 0 saturated heterocycles. The van der Waals surface area contributed by atoms with Crippen molar-refractivity contribution in [2.75, 3.05) is 10.6 Å². The highest BCUT2D eigenvalue weighted by Gasteiger charge is 2.39. The minimum Gasteiger partial charge on any atom is -0.398 e. The van der Waals surface area contributed by atoms with Crippen molar-refractivity contribution in [1.82, 2.24) is 0 Å². The fourth-order valence-electron chi connectivity index (χ4n) is 2.28. The molecule has 0 atom stereocenters. The van der Waals surface area contributed by atoms with Crippen LogP contribution in [0.1, 0.15) is 26.3 Å². The highest BCUT2D eigenvalue weighted by Crippen LogP contribution is 2.35. The maximum atomic E-state index is 12.5. The molecule has 2 aromatic rings. The van der Waals surface area contributed by atoms with Crippen LogP contribution >= 0.6 is 11.6 Å². The third kappa shape index (κ3) is 1.85. The largest absolute Gasteiger partial charge is 0.398 e. The first-order valence-corrected chi connectivity index (χ1v) is 6.39. The molecule has 21 heavy (non-hydrogen) atoms. The Hall–Kier alpha value is -2.84. The fourth-order valence-corrected chi connectivity index (χ4v) is 2.49. The first-order valence-electron chi connectivity index (χ1n) is 6.01. The first kappa shape index (κ1) is 13.2. The van der Waals surface area contributed by atoms with E-state index in [9.17, 15) is 9.59 Å². The van der Waals surface area contributed by atoms with Crippen LogP contribution in [0.5, 0.6) is 0 Å². The minimum absolute atomic E-state index is 0.168. The lowest BCUT2D eigenvalue weighted by atomic mass is 10.1. The van der Waals surface area contributed by atoms with Crippen molar-refractivity contribution in [2.24, 2.45) is 0 Å². The van der Waals surface area contributed by atoms with Gasteiger partial charge in [0, 0.05) is 5.69 Å². The third-order valence-electron chi connectivity index (χ3n) is 3.26. The number of carbonyl (C=O) groups is 2. The van der Waals surface area contributed by atoms with E-state index in [1.807, 2.05) is 6.07 Å². The molecule has 0 radical (unpaired) electrons. The summed E-state index contributed by atoms with van der Waals surface area (Å²) in [5.74, 6) is -1.04. The van der Waals surface area contributed by atoms with Crippen molar-refractivity contribution in [3.05, 3.63) is 58.1 Å². The Labute approximate surface area is 125 Å². The summed E-state index contributed by atoms with van der Waals surface area (Å²) in [5, 5.41) is 9.15. The highest BCUT2D eigenvalue weighted by atomic mass is 35.5. The molecule has 0 saturated carbocycles. The quantitative estimate of drug-likeness (QED) is 0.647.